The lowest BCUT2D eigenvalue weighted by molar-refractivity contribution is -0.141. The van der Waals surface area contributed by atoms with Gasteiger partial charge in [-0.15, -0.1) is 0 Å². The molecule has 5 nitrogen and oxygen atoms in total. The van der Waals surface area contributed by atoms with Gasteiger partial charge in [0.05, 0.1) is 0 Å². The molecule has 5 heteroatoms. The van der Waals surface area contributed by atoms with Crippen LogP contribution in [0.1, 0.15) is 49.8 Å². The number of unbranched alkanes of at least 4 members (excludes halogenated alkanes) is 2. The standard InChI is InChI=1S/C26H30N2O3/c1-3-4-5-8-19-11-13-20(14-12-19)18(2)15-25(29)28-24(26(30)31)16-21-17-27-23-10-7-6-9-22(21)23/h6-7,9-15,17,24,27H,3-5,8,16H2,1-2H3,(H,28,29)(H,30,31)/b18-15+/t24-/m0/s1. The maximum absolute atomic E-state index is 12.5. The molecule has 0 radical (unpaired) electrons. The number of para-hydroxylation sites is 1. The number of rotatable bonds is 10. The van der Waals surface area contributed by atoms with Gasteiger partial charge in [-0.05, 0) is 48.1 Å². The fourth-order valence-corrected chi connectivity index (χ4v) is 3.73. The molecule has 1 amide bonds. The van der Waals surface area contributed by atoms with Crippen LogP contribution in [-0.2, 0) is 22.4 Å². The van der Waals surface area contributed by atoms with Crippen LogP contribution in [0.2, 0.25) is 0 Å². The summed E-state index contributed by atoms with van der Waals surface area (Å²) in [6, 6.07) is 14.9. The molecule has 3 N–H and O–H groups in total. The van der Waals surface area contributed by atoms with Gasteiger partial charge in [0, 0.05) is 29.6 Å². The molecule has 162 valence electrons. The van der Waals surface area contributed by atoms with Crippen molar-refractivity contribution in [1.82, 2.24) is 10.3 Å². The van der Waals surface area contributed by atoms with E-state index in [1.54, 1.807) is 6.20 Å². The highest BCUT2D eigenvalue weighted by Crippen LogP contribution is 2.20. The number of amides is 1. The van der Waals surface area contributed by atoms with Crippen molar-refractivity contribution in [3.63, 3.8) is 0 Å². The van der Waals surface area contributed by atoms with Crippen LogP contribution in [0.3, 0.4) is 0 Å². The second-order valence-electron chi connectivity index (χ2n) is 7.94. The molecule has 1 aromatic heterocycles. The van der Waals surface area contributed by atoms with E-state index < -0.39 is 17.9 Å². The summed E-state index contributed by atoms with van der Waals surface area (Å²) in [7, 11) is 0. The summed E-state index contributed by atoms with van der Waals surface area (Å²) in [5.74, 6) is -1.46. The van der Waals surface area contributed by atoms with Crippen LogP contribution in [-0.4, -0.2) is 28.0 Å². The van der Waals surface area contributed by atoms with Gasteiger partial charge in [-0.2, -0.15) is 0 Å². The summed E-state index contributed by atoms with van der Waals surface area (Å²) in [6.45, 7) is 4.05. The highest BCUT2D eigenvalue weighted by atomic mass is 16.4. The summed E-state index contributed by atoms with van der Waals surface area (Å²) in [5, 5.41) is 13.2. The van der Waals surface area contributed by atoms with Gasteiger partial charge in [0.25, 0.3) is 0 Å². The summed E-state index contributed by atoms with van der Waals surface area (Å²) >= 11 is 0. The number of carboxylic acid groups (broad SMARTS) is 1. The highest BCUT2D eigenvalue weighted by Gasteiger charge is 2.21. The molecule has 1 heterocycles. The van der Waals surface area contributed by atoms with Crippen molar-refractivity contribution in [1.29, 1.82) is 0 Å². The van der Waals surface area contributed by atoms with Crippen molar-refractivity contribution in [2.24, 2.45) is 0 Å². The number of carbonyl (C=O) groups excluding carboxylic acids is 1. The van der Waals surface area contributed by atoms with Crippen LogP contribution < -0.4 is 5.32 Å². The summed E-state index contributed by atoms with van der Waals surface area (Å²) in [6.07, 6.45) is 8.15. The van der Waals surface area contributed by atoms with Gasteiger partial charge >= 0.3 is 5.97 Å². The third-order valence-corrected chi connectivity index (χ3v) is 5.54. The van der Waals surface area contributed by atoms with Crippen molar-refractivity contribution in [3.8, 4) is 0 Å². The van der Waals surface area contributed by atoms with Gasteiger partial charge in [-0.3, -0.25) is 4.79 Å². The van der Waals surface area contributed by atoms with Gasteiger partial charge in [0.1, 0.15) is 6.04 Å². The van der Waals surface area contributed by atoms with Gasteiger partial charge in [0.2, 0.25) is 5.91 Å². The van der Waals surface area contributed by atoms with Gasteiger partial charge < -0.3 is 15.4 Å². The third kappa shape index (κ3) is 6.07. The quantitative estimate of drug-likeness (QED) is 0.316. The number of H-pyrrole nitrogens is 1. The topological polar surface area (TPSA) is 82.2 Å². The minimum absolute atomic E-state index is 0.213. The molecule has 0 aliphatic heterocycles. The third-order valence-electron chi connectivity index (χ3n) is 5.54. The zero-order valence-electron chi connectivity index (χ0n) is 18.2. The lowest BCUT2D eigenvalue weighted by atomic mass is 10.0. The van der Waals surface area contributed by atoms with Gasteiger partial charge in [-0.1, -0.05) is 62.2 Å². The second kappa shape index (κ2) is 10.6. The van der Waals surface area contributed by atoms with E-state index in [4.69, 9.17) is 0 Å². The number of aromatic nitrogens is 1. The van der Waals surface area contributed by atoms with E-state index in [-0.39, 0.29) is 6.42 Å². The average Bonchev–Trinajstić information content (AvgIpc) is 3.17. The second-order valence-corrected chi connectivity index (χ2v) is 7.94. The number of carbonyl (C=O) groups is 2. The van der Waals surface area contributed by atoms with E-state index in [0.29, 0.717) is 0 Å². The zero-order valence-corrected chi connectivity index (χ0v) is 18.2. The van der Waals surface area contributed by atoms with E-state index >= 15 is 0 Å². The van der Waals surface area contributed by atoms with E-state index in [1.807, 2.05) is 43.3 Å². The van der Waals surface area contributed by atoms with Crippen molar-refractivity contribution in [3.05, 3.63) is 77.5 Å². The molecule has 0 bridgehead atoms. The number of carboxylic acids is 1. The first kappa shape index (κ1) is 22.3. The molecule has 1 atom stereocenters. The molecule has 0 saturated heterocycles. The molecular weight excluding hydrogens is 388 g/mol. The number of aromatic amines is 1. The Kier molecular flexibility index (Phi) is 7.65. The average molecular weight is 419 g/mol. The van der Waals surface area contributed by atoms with E-state index in [0.717, 1.165) is 34.0 Å². The van der Waals surface area contributed by atoms with Crippen LogP contribution >= 0.6 is 0 Å². The predicted octanol–water partition coefficient (Wildman–Crippen LogP) is 5.12. The Morgan fingerprint density at radius 3 is 2.55 bits per heavy atom. The number of nitrogens with one attached hydrogen (secondary N) is 2. The van der Waals surface area contributed by atoms with Crippen molar-refractivity contribution >= 4 is 28.4 Å². The first-order chi connectivity index (χ1) is 15.0. The van der Waals surface area contributed by atoms with E-state index in [2.05, 4.69) is 29.4 Å². The van der Waals surface area contributed by atoms with Crippen molar-refractivity contribution in [2.75, 3.05) is 0 Å². The molecule has 0 aliphatic rings. The van der Waals surface area contributed by atoms with Gasteiger partial charge in [0.15, 0.2) is 0 Å². The lowest BCUT2D eigenvalue weighted by Crippen LogP contribution is -2.41. The number of fused-ring (bicyclic) bond motifs is 1. The normalized spacial score (nSPS) is 12.6. The Morgan fingerprint density at radius 1 is 1.10 bits per heavy atom. The fourth-order valence-electron chi connectivity index (χ4n) is 3.73. The number of hydrogen-bond donors (Lipinski definition) is 3. The van der Waals surface area contributed by atoms with Crippen molar-refractivity contribution < 1.29 is 14.7 Å². The Hall–Kier alpha value is -3.34. The summed E-state index contributed by atoms with van der Waals surface area (Å²) in [4.78, 5) is 27.4. The minimum atomic E-state index is -1.05. The molecule has 0 saturated carbocycles. The maximum atomic E-state index is 12.5. The molecule has 0 aliphatic carbocycles. The predicted molar refractivity (Wildman–Crippen MR) is 125 cm³/mol. The number of aryl methyl sites for hydroxylation is 1. The van der Waals surface area contributed by atoms with Crippen LogP contribution in [0.15, 0.2) is 60.8 Å². The molecular formula is C26H30N2O3. The fraction of sp³-hybridized carbons (Fsp3) is 0.308. The van der Waals surface area contributed by atoms with E-state index in [1.165, 1.54) is 30.9 Å². The molecule has 3 aromatic rings. The molecule has 0 unspecified atom stereocenters. The Balaban J connectivity index is 1.65. The molecule has 2 aromatic carbocycles. The molecule has 0 spiro atoms. The Morgan fingerprint density at radius 2 is 1.84 bits per heavy atom. The minimum Gasteiger partial charge on any atom is -0.480 e. The SMILES string of the molecule is CCCCCc1ccc(/C(C)=C/C(=O)N[C@@H](Cc2c[nH]c3ccccc23)C(=O)O)cc1. The number of aliphatic carboxylic acids is 1. The Labute approximate surface area is 183 Å². The molecule has 31 heavy (non-hydrogen) atoms. The van der Waals surface area contributed by atoms with Crippen LogP contribution in [0, 0.1) is 0 Å². The maximum Gasteiger partial charge on any atom is 0.326 e. The van der Waals surface area contributed by atoms with Crippen molar-refractivity contribution in [2.45, 2.75) is 52.0 Å². The zero-order chi connectivity index (χ0) is 22.2. The number of benzene rings is 2. The number of allylic oxidation sites excluding steroid dienone is 1. The molecule has 3 rings (SSSR count). The largest absolute Gasteiger partial charge is 0.480 e. The van der Waals surface area contributed by atoms with Crippen LogP contribution in [0.5, 0.6) is 0 Å². The monoisotopic (exact) mass is 418 g/mol. The van der Waals surface area contributed by atoms with E-state index in [9.17, 15) is 14.7 Å². The summed E-state index contributed by atoms with van der Waals surface area (Å²) < 4.78 is 0. The van der Waals surface area contributed by atoms with Gasteiger partial charge in [-0.25, -0.2) is 4.79 Å². The van der Waals surface area contributed by atoms with Crippen LogP contribution in [0.4, 0.5) is 0 Å². The Bertz CT molecular complexity index is 1060. The van der Waals surface area contributed by atoms with Crippen LogP contribution in [0.25, 0.3) is 16.5 Å². The highest BCUT2D eigenvalue weighted by molar-refractivity contribution is 5.97. The lowest BCUT2D eigenvalue weighted by Gasteiger charge is -2.13. The molecule has 0 fully saturated rings. The number of hydrogen-bond acceptors (Lipinski definition) is 2. The smallest absolute Gasteiger partial charge is 0.326 e. The first-order valence-corrected chi connectivity index (χ1v) is 10.8. The summed E-state index contributed by atoms with van der Waals surface area (Å²) in [5.41, 5.74) is 4.86. The first-order valence-electron chi connectivity index (χ1n) is 10.8.